The van der Waals surface area contributed by atoms with Gasteiger partial charge in [0.25, 0.3) is 0 Å². The number of rotatable bonds is 1. The topological polar surface area (TPSA) is 39.2 Å². The molecule has 0 unspecified atom stereocenters. The molecule has 2 nitrogen and oxygen atoms in total. The lowest BCUT2D eigenvalue weighted by molar-refractivity contribution is 0.511. The van der Waals surface area contributed by atoms with Crippen molar-refractivity contribution in [1.29, 1.82) is 0 Å². The van der Waals surface area contributed by atoms with Crippen LogP contribution in [0.25, 0.3) is 23.4 Å². The summed E-state index contributed by atoms with van der Waals surface area (Å²) in [6.45, 7) is 0. The SMILES string of the molecule is NC1=C(c2ccccc2)CCc2c1oc1c2=CCCC=1. The monoisotopic (exact) mass is 263 g/mol. The van der Waals surface area contributed by atoms with E-state index in [2.05, 4.69) is 36.4 Å². The van der Waals surface area contributed by atoms with Gasteiger partial charge in [-0.3, -0.25) is 0 Å². The molecule has 2 aliphatic rings. The number of fused-ring (bicyclic) bond motifs is 3. The van der Waals surface area contributed by atoms with E-state index in [1.165, 1.54) is 21.9 Å². The molecular weight excluding hydrogens is 246 g/mol. The lowest BCUT2D eigenvalue weighted by atomic mass is 9.89. The number of allylic oxidation sites excluding steroid dienone is 1. The third-order valence-electron chi connectivity index (χ3n) is 4.24. The second-order valence-corrected chi connectivity index (χ2v) is 5.43. The number of hydrogen-bond donors (Lipinski definition) is 1. The lowest BCUT2D eigenvalue weighted by Crippen LogP contribution is -2.25. The molecular formula is C18H17NO. The molecule has 0 atom stereocenters. The Bertz CT molecular complexity index is 809. The molecule has 1 aromatic carbocycles. The summed E-state index contributed by atoms with van der Waals surface area (Å²) in [6.07, 6.45) is 8.65. The van der Waals surface area contributed by atoms with Gasteiger partial charge >= 0.3 is 0 Å². The molecule has 2 aliphatic carbocycles. The quantitative estimate of drug-likeness (QED) is 0.858. The Balaban J connectivity index is 1.94. The molecule has 4 rings (SSSR count). The first-order valence-corrected chi connectivity index (χ1v) is 7.21. The molecule has 0 fully saturated rings. The number of furan rings is 1. The Morgan fingerprint density at radius 2 is 1.75 bits per heavy atom. The fourth-order valence-electron chi connectivity index (χ4n) is 3.24. The van der Waals surface area contributed by atoms with Crippen molar-refractivity contribution in [2.75, 3.05) is 0 Å². The average Bonchev–Trinajstić information content (AvgIpc) is 2.88. The molecule has 2 N–H and O–H groups in total. The predicted molar refractivity (Wildman–Crippen MR) is 81.9 cm³/mol. The summed E-state index contributed by atoms with van der Waals surface area (Å²) >= 11 is 0. The summed E-state index contributed by atoms with van der Waals surface area (Å²) in [5.41, 5.74) is 11.9. The van der Waals surface area contributed by atoms with Crippen molar-refractivity contribution >= 4 is 23.4 Å². The van der Waals surface area contributed by atoms with Gasteiger partial charge in [-0.05, 0) is 42.9 Å². The van der Waals surface area contributed by atoms with Gasteiger partial charge in [0.1, 0.15) is 5.42 Å². The predicted octanol–water partition coefficient (Wildman–Crippen LogP) is 2.41. The third-order valence-corrected chi connectivity index (χ3v) is 4.24. The standard InChI is InChI=1S/C18H17NO/c19-17-13(12-6-2-1-3-7-12)10-11-15-14-8-4-5-9-16(14)20-18(15)17/h1-3,6-9H,4-5,10-11,19H2. The fourth-order valence-corrected chi connectivity index (χ4v) is 3.24. The highest BCUT2D eigenvalue weighted by molar-refractivity contribution is 5.90. The highest BCUT2D eigenvalue weighted by atomic mass is 16.3. The molecule has 0 spiro atoms. The maximum atomic E-state index is 6.39. The molecule has 0 aliphatic heterocycles. The van der Waals surface area contributed by atoms with E-state index >= 15 is 0 Å². The molecule has 2 aromatic rings. The molecule has 0 saturated carbocycles. The maximum absolute atomic E-state index is 6.39. The van der Waals surface area contributed by atoms with Gasteiger partial charge in [0.2, 0.25) is 0 Å². The van der Waals surface area contributed by atoms with Crippen molar-refractivity contribution < 1.29 is 4.42 Å². The third kappa shape index (κ3) is 1.64. The van der Waals surface area contributed by atoms with Gasteiger partial charge in [-0.1, -0.05) is 36.4 Å². The normalized spacial score (nSPS) is 17.0. The van der Waals surface area contributed by atoms with E-state index in [4.69, 9.17) is 10.2 Å². The van der Waals surface area contributed by atoms with Crippen molar-refractivity contribution in [1.82, 2.24) is 0 Å². The molecule has 1 heterocycles. The second kappa shape index (κ2) is 4.41. The molecule has 0 amide bonds. The van der Waals surface area contributed by atoms with Gasteiger partial charge in [0.15, 0.2) is 5.76 Å². The summed E-state index contributed by atoms with van der Waals surface area (Å²) in [5.74, 6) is 0.898. The van der Waals surface area contributed by atoms with Crippen LogP contribution < -0.4 is 16.4 Å². The molecule has 0 bridgehead atoms. The number of nitrogens with two attached hydrogens (primary N) is 1. The van der Waals surface area contributed by atoms with E-state index in [0.29, 0.717) is 0 Å². The van der Waals surface area contributed by atoms with Crippen molar-refractivity contribution in [2.24, 2.45) is 5.73 Å². The Kier molecular flexibility index (Phi) is 2.56. The maximum Gasteiger partial charge on any atom is 0.154 e. The minimum atomic E-state index is 0.814. The van der Waals surface area contributed by atoms with Crippen LogP contribution in [0.5, 0.6) is 0 Å². The van der Waals surface area contributed by atoms with Gasteiger partial charge in [-0.15, -0.1) is 0 Å². The molecule has 0 radical (unpaired) electrons. The molecule has 100 valence electrons. The van der Waals surface area contributed by atoms with Crippen LogP contribution in [-0.2, 0) is 6.42 Å². The molecule has 2 heteroatoms. The van der Waals surface area contributed by atoms with E-state index in [1.54, 1.807) is 0 Å². The highest BCUT2D eigenvalue weighted by Gasteiger charge is 2.23. The first-order chi connectivity index (χ1) is 9.84. The van der Waals surface area contributed by atoms with Crippen LogP contribution in [0.3, 0.4) is 0 Å². The van der Waals surface area contributed by atoms with Crippen molar-refractivity contribution in [3.05, 3.63) is 57.9 Å². The van der Waals surface area contributed by atoms with Crippen LogP contribution in [0.1, 0.15) is 36.1 Å². The zero-order valence-corrected chi connectivity index (χ0v) is 11.4. The Labute approximate surface area is 117 Å². The zero-order valence-electron chi connectivity index (χ0n) is 11.4. The summed E-state index contributed by atoms with van der Waals surface area (Å²) in [7, 11) is 0. The molecule has 20 heavy (non-hydrogen) atoms. The number of benzene rings is 1. The minimum absolute atomic E-state index is 0.814. The number of hydrogen-bond acceptors (Lipinski definition) is 2. The zero-order chi connectivity index (χ0) is 13.5. The van der Waals surface area contributed by atoms with Crippen LogP contribution >= 0.6 is 0 Å². The summed E-state index contributed by atoms with van der Waals surface area (Å²) in [6, 6.07) is 10.4. The van der Waals surface area contributed by atoms with E-state index in [1.807, 2.05) is 6.07 Å². The molecule has 1 aromatic heterocycles. The van der Waals surface area contributed by atoms with Gasteiger partial charge < -0.3 is 10.2 Å². The second-order valence-electron chi connectivity index (χ2n) is 5.43. The van der Waals surface area contributed by atoms with Gasteiger partial charge in [-0.2, -0.15) is 0 Å². The van der Waals surface area contributed by atoms with Gasteiger partial charge in [0.05, 0.1) is 5.70 Å². The van der Waals surface area contributed by atoms with Gasteiger partial charge in [-0.25, -0.2) is 0 Å². The molecule has 0 saturated heterocycles. The van der Waals surface area contributed by atoms with Crippen LogP contribution in [0.15, 0.2) is 34.7 Å². The fraction of sp³-hybridized carbons (Fsp3) is 0.222. The Morgan fingerprint density at radius 3 is 2.60 bits per heavy atom. The first-order valence-electron chi connectivity index (χ1n) is 7.21. The van der Waals surface area contributed by atoms with Crippen molar-refractivity contribution in [2.45, 2.75) is 25.7 Å². The average molecular weight is 263 g/mol. The van der Waals surface area contributed by atoms with Gasteiger partial charge in [0, 0.05) is 10.8 Å². The van der Waals surface area contributed by atoms with Crippen LogP contribution in [-0.4, -0.2) is 0 Å². The van der Waals surface area contributed by atoms with E-state index in [9.17, 15) is 0 Å². The summed E-state index contributed by atoms with van der Waals surface area (Å²) in [5, 5.41) is 1.28. The lowest BCUT2D eigenvalue weighted by Gasteiger charge is -2.17. The van der Waals surface area contributed by atoms with Crippen LogP contribution in [0, 0.1) is 0 Å². The first kappa shape index (κ1) is 11.6. The van der Waals surface area contributed by atoms with Crippen LogP contribution in [0.2, 0.25) is 0 Å². The minimum Gasteiger partial charge on any atom is -0.455 e. The van der Waals surface area contributed by atoms with Crippen molar-refractivity contribution in [3.8, 4) is 0 Å². The smallest absolute Gasteiger partial charge is 0.154 e. The highest BCUT2D eigenvalue weighted by Crippen LogP contribution is 2.32. The Morgan fingerprint density at radius 1 is 0.950 bits per heavy atom. The van der Waals surface area contributed by atoms with E-state index in [-0.39, 0.29) is 0 Å². The van der Waals surface area contributed by atoms with E-state index in [0.717, 1.165) is 42.6 Å². The Hall–Kier alpha value is -2.22. The van der Waals surface area contributed by atoms with Crippen LogP contribution in [0.4, 0.5) is 0 Å². The van der Waals surface area contributed by atoms with Crippen molar-refractivity contribution in [3.63, 3.8) is 0 Å². The largest absolute Gasteiger partial charge is 0.455 e. The summed E-state index contributed by atoms with van der Waals surface area (Å²) < 4.78 is 6.02. The summed E-state index contributed by atoms with van der Waals surface area (Å²) in [4.78, 5) is 0. The van der Waals surface area contributed by atoms with E-state index < -0.39 is 0 Å².